The number of nitrogens with one attached hydrogen (secondary N) is 2. The SMILES string of the molecule is CCNCC.O=C(O)[C@H](COCc1ccccc1)NC(c1ccccc1)(c1ccccc1)c1ccccc1. The van der Waals surface area contributed by atoms with Crippen molar-refractivity contribution in [1.29, 1.82) is 0 Å². The first-order valence-corrected chi connectivity index (χ1v) is 13.1. The van der Waals surface area contributed by atoms with Gasteiger partial charge in [-0.1, -0.05) is 135 Å². The zero-order valence-corrected chi connectivity index (χ0v) is 22.2. The third-order valence-corrected chi connectivity index (χ3v) is 6.21. The highest BCUT2D eigenvalue weighted by atomic mass is 16.5. The molecular weight excluding hydrogens is 472 g/mol. The number of aliphatic carboxylic acids is 1. The molecule has 4 rings (SSSR count). The van der Waals surface area contributed by atoms with Gasteiger partial charge in [-0.05, 0) is 35.3 Å². The highest BCUT2D eigenvalue weighted by Gasteiger charge is 2.39. The molecule has 5 heteroatoms. The van der Waals surface area contributed by atoms with Gasteiger partial charge in [0.25, 0.3) is 0 Å². The summed E-state index contributed by atoms with van der Waals surface area (Å²) in [5.41, 5.74) is 3.00. The number of hydrogen-bond acceptors (Lipinski definition) is 4. The summed E-state index contributed by atoms with van der Waals surface area (Å²) in [4.78, 5) is 12.4. The average Bonchev–Trinajstić information content (AvgIpc) is 2.97. The third-order valence-electron chi connectivity index (χ3n) is 6.21. The van der Waals surface area contributed by atoms with E-state index in [4.69, 9.17) is 4.74 Å². The van der Waals surface area contributed by atoms with E-state index in [1.54, 1.807) is 0 Å². The van der Waals surface area contributed by atoms with Crippen LogP contribution < -0.4 is 10.6 Å². The molecule has 0 amide bonds. The Bertz CT molecular complexity index is 1090. The number of carbonyl (C=O) groups is 1. The fraction of sp³-hybridized carbons (Fsp3) is 0.242. The van der Waals surface area contributed by atoms with E-state index in [2.05, 4.69) is 24.5 Å². The lowest BCUT2D eigenvalue weighted by atomic mass is 9.76. The minimum absolute atomic E-state index is 0.0263. The van der Waals surface area contributed by atoms with Gasteiger partial charge in [-0.15, -0.1) is 0 Å². The zero-order chi connectivity index (χ0) is 27.1. The van der Waals surface area contributed by atoms with Crippen molar-refractivity contribution in [1.82, 2.24) is 10.6 Å². The molecule has 38 heavy (non-hydrogen) atoms. The fourth-order valence-electron chi connectivity index (χ4n) is 4.37. The molecule has 3 N–H and O–H groups in total. The molecule has 4 aromatic carbocycles. The van der Waals surface area contributed by atoms with E-state index in [1.807, 2.05) is 121 Å². The number of benzene rings is 4. The van der Waals surface area contributed by atoms with Crippen LogP contribution in [0.3, 0.4) is 0 Å². The van der Waals surface area contributed by atoms with Crippen molar-refractivity contribution in [3.05, 3.63) is 144 Å². The second-order valence-electron chi connectivity index (χ2n) is 8.84. The largest absolute Gasteiger partial charge is 0.480 e. The van der Waals surface area contributed by atoms with Gasteiger partial charge in [-0.3, -0.25) is 10.1 Å². The molecule has 0 fully saturated rings. The van der Waals surface area contributed by atoms with Crippen LogP contribution >= 0.6 is 0 Å². The van der Waals surface area contributed by atoms with E-state index >= 15 is 0 Å². The molecule has 198 valence electrons. The van der Waals surface area contributed by atoms with Crippen LogP contribution in [0.4, 0.5) is 0 Å². The third kappa shape index (κ3) is 7.86. The molecule has 0 aliphatic carbocycles. The van der Waals surface area contributed by atoms with Gasteiger partial charge in [-0.25, -0.2) is 0 Å². The molecule has 0 unspecified atom stereocenters. The van der Waals surface area contributed by atoms with E-state index in [-0.39, 0.29) is 6.61 Å². The molecule has 5 nitrogen and oxygen atoms in total. The van der Waals surface area contributed by atoms with E-state index in [0.29, 0.717) is 6.61 Å². The van der Waals surface area contributed by atoms with E-state index in [0.717, 1.165) is 35.3 Å². The van der Waals surface area contributed by atoms with Gasteiger partial charge >= 0.3 is 5.97 Å². The highest BCUT2D eigenvalue weighted by molar-refractivity contribution is 5.74. The number of carboxylic acids is 1. The maximum atomic E-state index is 12.4. The van der Waals surface area contributed by atoms with Gasteiger partial charge in [0.15, 0.2) is 0 Å². The van der Waals surface area contributed by atoms with Crippen molar-refractivity contribution < 1.29 is 14.6 Å². The van der Waals surface area contributed by atoms with Gasteiger partial charge < -0.3 is 15.2 Å². The number of hydrogen-bond donors (Lipinski definition) is 3. The standard InChI is InChI=1S/C29H27NO3.C4H11N/c31-28(32)27(22-33-21-23-13-5-1-6-14-23)30-29(24-15-7-2-8-16-24,25-17-9-3-10-18-25)26-19-11-4-12-20-26;1-3-5-4-2/h1-20,27,30H,21-22H2,(H,31,32);5H,3-4H2,1-2H3/t27-;/m0./s1. The maximum absolute atomic E-state index is 12.4. The van der Waals surface area contributed by atoms with Crippen molar-refractivity contribution in [3.63, 3.8) is 0 Å². The summed E-state index contributed by atoms with van der Waals surface area (Å²) >= 11 is 0. The zero-order valence-electron chi connectivity index (χ0n) is 22.2. The van der Waals surface area contributed by atoms with Crippen LogP contribution in [0.2, 0.25) is 0 Å². The van der Waals surface area contributed by atoms with Crippen molar-refractivity contribution >= 4 is 5.97 Å². The molecule has 0 aliphatic rings. The molecule has 0 heterocycles. The molecular formula is C33H38N2O3. The topological polar surface area (TPSA) is 70.6 Å². The Morgan fingerprint density at radius 1 is 0.711 bits per heavy atom. The van der Waals surface area contributed by atoms with Crippen molar-refractivity contribution in [2.24, 2.45) is 0 Å². The average molecular weight is 511 g/mol. The van der Waals surface area contributed by atoms with Gasteiger partial charge in [0.2, 0.25) is 0 Å². The summed E-state index contributed by atoms with van der Waals surface area (Å²) < 4.78 is 5.85. The van der Waals surface area contributed by atoms with Crippen LogP contribution in [-0.2, 0) is 21.7 Å². The Morgan fingerprint density at radius 3 is 1.45 bits per heavy atom. The predicted octanol–water partition coefficient (Wildman–Crippen LogP) is 5.85. The number of ether oxygens (including phenoxy) is 1. The summed E-state index contributed by atoms with van der Waals surface area (Å²) in [6.07, 6.45) is 0. The van der Waals surface area contributed by atoms with Crippen molar-refractivity contribution in [3.8, 4) is 0 Å². The Hall–Kier alpha value is -3.77. The molecule has 0 aliphatic heterocycles. The Morgan fingerprint density at radius 2 is 1.11 bits per heavy atom. The quantitative estimate of drug-likeness (QED) is 0.209. The van der Waals surface area contributed by atoms with Crippen molar-refractivity contribution in [2.45, 2.75) is 32.0 Å². The van der Waals surface area contributed by atoms with Gasteiger partial charge in [0.05, 0.1) is 18.8 Å². The molecule has 4 aromatic rings. The first kappa shape index (κ1) is 28.8. The van der Waals surface area contributed by atoms with Crippen LogP contribution in [0.25, 0.3) is 0 Å². The first-order chi connectivity index (χ1) is 18.6. The minimum Gasteiger partial charge on any atom is -0.480 e. The van der Waals surface area contributed by atoms with Crippen LogP contribution in [0.5, 0.6) is 0 Å². The van der Waals surface area contributed by atoms with Crippen LogP contribution in [0.15, 0.2) is 121 Å². The Kier molecular flexibility index (Phi) is 11.7. The number of carboxylic acid groups (broad SMARTS) is 1. The fourth-order valence-corrected chi connectivity index (χ4v) is 4.37. The summed E-state index contributed by atoms with van der Waals surface area (Å²) in [6.45, 7) is 6.76. The van der Waals surface area contributed by atoms with E-state index < -0.39 is 17.6 Å². The van der Waals surface area contributed by atoms with Crippen LogP contribution in [0, 0.1) is 0 Å². The van der Waals surface area contributed by atoms with Crippen LogP contribution in [-0.4, -0.2) is 36.8 Å². The lowest BCUT2D eigenvalue weighted by molar-refractivity contribution is -0.141. The van der Waals surface area contributed by atoms with Gasteiger partial charge in [0, 0.05) is 0 Å². The summed E-state index contributed by atoms with van der Waals surface area (Å²) in [6, 6.07) is 38.7. The smallest absolute Gasteiger partial charge is 0.323 e. The second-order valence-corrected chi connectivity index (χ2v) is 8.84. The lowest BCUT2D eigenvalue weighted by Crippen LogP contribution is -2.54. The molecule has 1 atom stereocenters. The second kappa shape index (κ2) is 15.5. The Balaban J connectivity index is 0.000000732. The lowest BCUT2D eigenvalue weighted by Gasteiger charge is -2.39. The monoisotopic (exact) mass is 510 g/mol. The summed E-state index contributed by atoms with van der Waals surface area (Å²) in [5, 5.41) is 16.7. The normalized spacial score (nSPS) is 11.7. The molecule has 0 bridgehead atoms. The molecule has 0 spiro atoms. The number of rotatable bonds is 12. The maximum Gasteiger partial charge on any atom is 0.323 e. The first-order valence-electron chi connectivity index (χ1n) is 13.1. The minimum atomic E-state index is -0.963. The van der Waals surface area contributed by atoms with Gasteiger partial charge in [-0.2, -0.15) is 0 Å². The van der Waals surface area contributed by atoms with Gasteiger partial charge in [0.1, 0.15) is 6.04 Å². The van der Waals surface area contributed by atoms with Crippen molar-refractivity contribution in [2.75, 3.05) is 19.7 Å². The molecule has 0 radical (unpaired) electrons. The summed E-state index contributed by atoms with van der Waals surface area (Å²) in [7, 11) is 0. The van der Waals surface area contributed by atoms with Crippen LogP contribution in [0.1, 0.15) is 36.1 Å². The highest BCUT2D eigenvalue weighted by Crippen LogP contribution is 2.37. The summed E-state index contributed by atoms with van der Waals surface area (Å²) in [5.74, 6) is -0.963. The predicted molar refractivity (Wildman–Crippen MR) is 154 cm³/mol. The molecule has 0 saturated carbocycles. The van der Waals surface area contributed by atoms with E-state index in [9.17, 15) is 9.90 Å². The molecule has 0 aromatic heterocycles. The van der Waals surface area contributed by atoms with E-state index in [1.165, 1.54) is 0 Å². The molecule has 0 saturated heterocycles. The Labute approximate surface area is 226 Å².